The fraction of sp³-hybridized carbons (Fsp3) is 1.00. The van der Waals surface area contributed by atoms with E-state index in [1.807, 2.05) is 0 Å². The number of hydrogen-bond acceptors (Lipinski definition) is 0. The molecule has 0 aliphatic rings. The molecule has 13 heteroatoms. The summed E-state index contributed by atoms with van der Waals surface area (Å²) in [6, 6.07) is 0. The van der Waals surface area contributed by atoms with Crippen LogP contribution in [0, 0.1) is 0 Å². The number of alkyl halides is 13. The summed E-state index contributed by atoms with van der Waals surface area (Å²) in [5.74, 6) is -28.9. The Morgan fingerprint density at radius 2 is 0.895 bits per heavy atom. The zero-order chi connectivity index (χ0) is 16.1. The summed E-state index contributed by atoms with van der Waals surface area (Å²) >= 11 is 0.603. The maximum absolute atomic E-state index is 12.5. The van der Waals surface area contributed by atoms with E-state index in [1.54, 1.807) is 0 Å². The molecule has 0 spiro atoms. The highest BCUT2D eigenvalue weighted by atomic mass is 79.9. The molecule has 0 radical (unpaired) electrons. The van der Waals surface area contributed by atoms with Crippen molar-refractivity contribution in [1.29, 1.82) is 0 Å². The minimum absolute atomic E-state index is 0.603. The average molecular weight is 381 g/mol. The summed E-state index contributed by atoms with van der Waals surface area (Å²) < 4.78 is 146. The fourth-order valence-corrected chi connectivity index (χ4v) is 0.971. The largest absolute Gasteiger partial charge is 0.388 e. The highest BCUT2D eigenvalue weighted by Crippen LogP contribution is 2.59. The second-order valence-electron chi connectivity index (χ2n) is 3.14. The number of rotatable bonds is 5. The summed E-state index contributed by atoms with van der Waals surface area (Å²) in [4.78, 5) is -6.04. The van der Waals surface area contributed by atoms with Crippen LogP contribution in [0.25, 0.3) is 0 Å². The standard InChI is InChI=1S/C6HBrF12/c7-6(18,19)5(16,17)4(14,15)3(12,13)2(10,11)1(8)9/h1H. The van der Waals surface area contributed by atoms with E-state index < -0.39 is 34.9 Å². The van der Waals surface area contributed by atoms with Gasteiger partial charge in [0.1, 0.15) is 0 Å². The lowest BCUT2D eigenvalue weighted by Gasteiger charge is -2.37. The van der Waals surface area contributed by atoms with Gasteiger partial charge in [0.15, 0.2) is 0 Å². The third kappa shape index (κ3) is 2.49. The molecule has 0 fully saturated rings. The normalized spacial score (nSPS) is 16.1. The molecular weight excluding hydrogens is 380 g/mol. The van der Waals surface area contributed by atoms with Crippen molar-refractivity contribution in [2.45, 2.75) is 34.9 Å². The van der Waals surface area contributed by atoms with Crippen LogP contribution in [0.1, 0.15) is 0 Å². The summed E-state index contributed by atoms with van der Waals surface area (Å²) in [7, 11) is 0. The van der Waals surface area contributed by atoms with Gasteiger partial charge in [-0.1, -0.05) is 0 Å². The van der Waals surface area contributed by atoms with E-state index in [0.717, 1.165) is 0 Å². The van der Waals surface area contributed by atoms with Gasteiger partial charge in [0, 0.05) is 0 Å². The van der Waals surface area contributed by atoms with E-state index >= 15 is 0 Å². The van der Waals surface area contributed by atoms with Crippen molar-refractivity contribution in [3.05, 3.63) is 0 Å². The topological polar surface area (TPSA) is 0 Å². The van der Waals surface area contributed by atoms with Crippen molar-refractivity contribution in [3.8, 4) is 0 Å². The van der Waals surface area contributed by atoms with Crippen LogP contribution in [0.2, 0.25) is 0 Å². The van der Waals surface area contributed by atoms with Gasteiger partial charge >= 0.3 is 34.9 Å². The first kappa shape index (κ1) is 18.6. The predicted octanol–water partition coefficient (Wildman–Crippen LogP) is 4.78. The molecule has 0 atom stereocenters. The maximum Gasteiger partial charge on any atom is 0.388 e. The molecule has 0 bridgehead atoms. The molecule has 0 heterocycles. The van der Waals surface area contributed by atoms with Gasteiger partial charge in [0.2, 0.25) is 0 Å². The molecule has 19 heavy (non-hydrogen) atoms. The zero-order valence-corrected chi connectivity index (χ0v) is 9.58. The van der Waals surface area contributed by atoms with Gasteiger partial charge in [0.25, 0.3) is 0 Å². The van der Waals surface area contributed by atoms with Gasteiger partial charge in [-0.3, -0.25) is 0 Å². The van der Waals surface area contributed by atoms with E-state index in [0.29, 0.717) is 15.9 Å². The highest BCUT2D eigenvalue weighted by Gasteiger charge is 2.87. The Labute approximate surface area is 104 Å². The van der Waals surface area contributed by atoms with E-state index in [1.165, 1.54) is 0 Å². The van der Waals surface area contributed by atoms with Crippen LogP contribution in [0.3, 0.4) is 0 Å². The molecule has 0 saturated heterocycles. The molecule has 0 N–H and O–H groups in total. The van der Waals surface area contributed by atoms with Crippen LogP contribution in [0.5, 0.6) is 0 Å². The first-order valence-corrected chi connectivity index (χ1v) is 4.60. The second-order valence-corrected chi connectivity index (χ2v) is 4.14. The molecular formula is C6HBrF12. The van der Waals surface area contributed by atoms with Crippen LogP contribution < -0.4 is 0 Å². The molecule has 0 aromatic heterocycles. The van der Waals surface area contributed by atoms with Crippen molar-refractivity contribution in [3.63, 3.8) is 0 Å². The van der Waals surface area contributed by atoms with Crippen molar-refractivity contribution in [2.24, 2.45) is 0 Å². The van der Waals surface area contributed by atoms with E-state index in [9.17, 15) is 52.7 Å². The van der Waals surface area contributed by atoms with Gasteiger partial charge in [-0.2, -0.15) is 43.9 Å². The maximum atomic E-state index is 12.5. The molecule has 0 unspecified atom stereocenters. The molecule has 0 saturated carbocycles. The minimum Gasteiger partial charge on any atom is -0.203 e. The molecule has 116 valence electrons. The fourth-order valence-electron chi connectivity index (χ4n) is 0.722. The Balaban J connectivity index is 5.92. The first-order chi connectivity index (χ1) is 7.94. The van der Waals surface area contributed by atoms with E-state index in [-0.39, 0.29) is 0 Å². The predicted molar refractivity (Wildman–Crippen MR) is 39.7 cm³/mol. The lowest BCUT2D eigenvalue weighted by atomic mass is 9.99. The van der Waals surface area contributed by atoms with Gasteiger partial charge in [0.05, 0.1) is 0 Å². The smallest absolute Gasteiger partial charge is 0.203 e. The van der Waals surface area contributed by atoms with Crippen molar-refractivity contribution < 1.29 is 52.7 Å². The Bertz CT molecular complexity index is 328. The molecule has 0 aromatic rings. The first-order valence-electron chi connectivity index (χ1n) is 3.80. The number of halogens is 13. The number of hydrogen-bond donors (Lipinski definition) is 0. The average Bonchev–Trinajstić information content (AvgIpc) is 2.14. The van der Waals surface area contributed by atoms with Crippen molar-refractivity contribution >= 4 is 15.9 Å². The van der Waals surface area contributed by atoms with Gasteiger partial charge in [-0.25, -0.2) is 8.78 Å². The Morgan fingerprint density at radius 3 is 1.11 bits per heavy atom. The van der Waals surface area contributed by atoms with Crippen LogP contribution in [-0.4, -0.2) is 34.9 Å². The molecule has 0 nitrogen and oxygen atoms in total. The molecule has 0 aliphatic heterocycles. The lowest BCUT2D eigenvalue weighted by Crippen LogP contribution is -2.67. The highest BCUT2D eigenvalue weighted by molar-refractivity contribution is 9.10. The lowest BCUT2D eigenvalue weighted by molar-refractivity contribution is -0.400. The summed E-state index contributed by atoms with van der Waals surface area (Å²) in [5.41, 5.74) is 0. The van der Waals surface area contributed by atoms with Gasteiger partial charge in [-0.15, -0.1) is 0 Å². The van der Waals surface area contributed by atoms with Gasteiger partial charge < -0.3 is 0 Å². The Kier molecular flexibility index (Phi) is 4.50. The monoisotopic (exact) mass is 380 g/mol. The molecule has 0 rings (SSSR count). The third-order valence-corrected chi connectivity index (χ3v) is 2.34. The van der Waals surface area contributed by atoms with Crippen molar-refractivity contribution in [1.82, 2.24) is 0 Å². The molecule has 0 amide bonds. The van der Waals surface area contributed by atoms with Crippen LogP contribution in [0.4, 0.5) is 52.7 Å². The van der Waals surface area contributed by atoms with E-state index in [2.05, 4.69) is 0 Å². The SMILES string of the molecule is FC(F)C(F)(F)C(F)(F)C(F)(F)C(F)(F)C(F)(F)Br. The third-order valence-electron chi connectivity index (χ3n) is 1.84. The van der Waals surface area contributed by atoms with Crippen LogP contribution in [-0.2, 0) is 0 Å². The van der Waals surface area contributed by atoms with Crippen LogP contribution in [0.15, 0.2) is 0 Å². The summed E-state index contributed by atoms with van der Waals surface area (Å²) in [6.07, 6.45) is -5.48. The quantitative estimate of drug-likeness (QED) is 0.475. The molecule has 0 aliphatic carbocycles. The summed E-state index contributed by atoms with van der Waals surface area (Å²) in [6.45, 7) is 0. The summed E-state index contributed by atoms with van der Waals surface area (Å²) in [5, 5.41) is 0. The zero-order valence-electron chi connectivity index (χ0n) is 7.99. The van der Waals surface area contributed by atoms with Crippen LogP contribution >= 0.6 is 15.9 Å². The Morgan fingerprint density at radius 1 is 0.579 bits per heavy atom. The van der Waals surface area contributed by atoms with Crippen molar-refractivity contribution in [2.75, 3.05) is 0 Å². The second kappa shape index (κ2) is 4.58. The van der Waals surface area contributed by atoms with Gasteiger partial charge in [-0.05, 0) is 15.9 Å². The minimum atomic E-state index is -7.45. The van der Waals surface area contributed by atoms with E-state index in [4.69, 9.17) is 0 Å². The molecule has 0 aromatic carbocycles. The Hall–Kier alpha value is -0.360.